The van der Waals surface area contributed by atoms with Crippen molar-refractivity contribution in [2.75, 3.05) is 18.5 Å². The molecular weight excluding hydrogens is 176 g/mol. The van der Waals surface area contributed by atoms with Crippen LogP contribution in [0.25, 0.3) is 0 Å². The van der Waals surface area contributed by atoms with Gasteiger partial charge in [-0.1, -0.05) is 18.2 Å². The molecule has 0 aliphatic heterocycles. The second-order valence-corrected chi connectivity index (χ2v) is 3.23. The standard InChI is InChI=1S/C11H14N2O/c1-13(9-11(14)7-8-12)10-5-3-2-4-6-10/h2-6,11,14H,7,9H2,1H3. The number of likely N-dealkylation sites (N-methyl/N-ethyl adjacent to an activating group) is 1. The Labute approximate surface area is 84.2 Å². The van der Waals surface area contributed by atoms with E-state index >= 15 is 0 Å². The van der Waals surface area contributed by atoms with Gasteiger partial charge in [0.2, 0.25) is 0 Å². The minimum absolute atomic E-state index is 0.178. The Morgan fingerprint density at radius 3 is 2.64 bits per heavy atom. The molecule has 74 valence electrons. The fraction of sp³-hybridized carbons (Fsp3) is 0.364. The Morgan fingerprint density at radius 1 is 1.43 bits per heavy atom. The van der Waals surface area contributed by atoms with Gasteiger partial charge in [0.1, 0.15) is 0 Å². The monoisotopic (exact) mass is 190 g/mol. The lowest BCUT2D eigenvalue weighted by Crippen LogP contribution is -2.28. The van der Waals surface area contributed by atoms with Gasteiger partial charge in [-0.25, -0.2) is 0 Å². The SMILES string of the molecule is CN(CC(O)CC#N)c1ccccc1. The van der Waals surface area contributed by atoms with Gasteiger partial charge in [-0.3, -0.25) is 0 Å². The largest absolute Gasteiger partial charge is 0.390 e. The molecule has 0 bridgehead atoms. The zero-order valence-corrected chi connectivity index (χ0v) is 8.22. The molecule has 1 aromatic carbocycles. The minimum atomic E-state index is -0.579. The molecule has 0 saturated heterocycles. The van der Waals surface area contributed by atoms with E-state index in [-0.39, 0.29) is 6.42 Å². The van der Waals surface area contributed by atoms with Crippen molar-refractivity contribution in [3.05, 3.63) is 30.3 Å². The van der Waals surface area contributed by atoms with E-state index in [1.54, 1.807) is 0 Å². The first-order valence-electron chi connectivity index (χ1n) is 4.55. The number of hydrogen-bond acceptors (Lipinski definition) is 3. The number of aliphatic hydroxyl groups excluding tert-OH is 1. The van der Waals surface area contributed by atoms with Crippen LogP contribution in [0.5, 0.6) is 0 Å². The molecule has 1 rings (SSSR count). The van der Waals surface area contributed by atoms with Gasteiger partial charge in [0.25, 0.3) is 0 Å². The zero-order valence-electron chi connectivity index (χ0n) is 8.22. The summed E-state index contributed by atoms with van der Waals surface area (Å²) in [6.45, 7) is 0.484. The average molecular weight is 190 g/mol. The summed E-state index contributed by atoms with van der Waals surface area (Å²) in [5.41, 5.74) is 1.05. The lowest BCUT2D eigenvalue weighted by molar-refractivity contribution is 0.186. The molecule has 1 N–H and O–H groups in total. The molecule has 1 unspecified atom stereocenters. The first-order chi connectivity index (χ1) is 6.74. The fourth-order valence-corrected chi connectivity index (χ4v) is 1.27. The highest BCUT2D eigenvalue weighted by atomic mass is 16.3. The number of benzene rings is 1. The summed E-state index contributed by atoms with van der Waals surface area (Å²) in [7, 11) is 1.90. The molecule has 3 heteroatoms. The molecule has 0 saturated carbocycles. The third-order valence-corrected chi connectivity index (χ3v) is 2.01. The second-order valence-electron chi connectivity index (χ2n) is 3.23. The van der Waals surface area contributed by atoms with Crippen LogP contribution in [0.3, 0.4) is 0 Å². The van der Waals surface area contributed by atoms with Gasteiger partial charge in [-0.05, 0) is 12.1 Å². The molecule has 0 aromatic heterocycles. The van der Waals surface area contributed by atoms with Gasteiger partial charge in [0, 0.05) is 19.3 Å². The molecule has 0 spiro atoms. The summed E-state index contributed by atoms with van der Waals surface area (Å²) >= 11 is 0. The normalized spacial score (nSPS) is 11.8. The summed E-state index contributed by atoms with van der Waals surface area (Å²) in [5, 5.41) is 17.8. The average Bonchev–Trinajstić information content (AvgIpc) is 2.19. The molecule has 1 aromatic rings. The Morgan fingerprint density at radius 2 is 2.07 bits per heavy atom. The molecule has 14 heavy (non-hydrogen) atoms. The van der Waals surface area contributed by atoms with E-state index in [0.29, 0.717) is 6.54 Å². The van der Waals surface area contributed by atoms with Gasteiger partial charge in [-0.2, -0.15) is 5.26 Å². The van der Waals surface area contributed by atoms with Crippen LogP contribution in [0.4, 0.5) is 5.69 Å². The van der Waals surface area contributed by atoms with Crippen LogP contribution < -0.4 is 4.90 Å². The van der Waals surface area contributed by atoms with E-state index in [2.05, 4.69) is 0 Å². The summed E-state index contributed by atoms with van der Waals surface area (Å²) < 4.78 is 0. The van der Waals surface area contributed by atoms with Crippen molar-refractivity contribution in [1.29, 1.82) is 5.26 Å². The molecule has 0 radical (unpaired) electrons. The second kappa shape index (κ2) is 5.25. The minimum Gasteiger partial charge on any atom is -0.390 e. The van der Waals surface area contributed by atoms with Crippen molar-refractivity contribution in [2.45, 2.75) is 12.5 Å². The molecule has 0 amide bonds. The number of para-hydroxylation sites is 1. The van der Waals surface area contributed by atoms with Crippen molar-refractivity contribution in [2.24, 2.45) is 0 Å². The Kier molecular flexibility index (Phi) is 3.96. The van der Waals surface area contributed by atoms with Crippen LogP contribution in [0, 0.1) is 11.3 Å². The first kappa shape index (κ1) is 10.6. The number of hydrogen-bond donors (Lipinski definition) is 1. The highest BCUT2D eigenvalue weighted by Crippen LogP contribution is 2.11. The summed E-state index contributed by atoms with van der Waals surface area (Å²) in [5.74, 6) is 0. The maximum Gasteiger partial charge on any atom is 0.0844 e. The molecule has 0 aliphatic rings. The topological polar surface area (TPSA) is 47.3 Å². The van der Waals surface area contributed by atoms with Gasteiger partial charge >= 0.3 is 0 Å². The van der Waals surface area contributed by atoms with Crippen LogP contribution in [-0.4, -0.2) is 24.8 Å². The number of aliphatic hydroxyl groups is 1. The maximum atomic E-state index is 9.42. The Balaban J connectivity index is 2.51. The van der Waals surface area contributed by atoms with E-state index in [0.717, 1.165) is 5.69 Å². The van der Waals surface area contributed by atoms with Crippen LogP contribution in [0.1, 0.15) is 6.42 Å². The molecule has 1 atom stereocenters. The first-order valence-corrected chi connectivity index (χ1v) is 4.55. The Hall–Kier alpha value is -1.53. The van der Waals surface area contributed by atoms with Crippen molar-refractivity contribution < 1.29 is 5.11 Å². The lowest BCUT2D eigenvalue weighted by Gasteiger charge is -2.21. The third-order valence-electron chi connectivity index (χ3n) is 2.01. The highest BCUT2D eigenvalue weighted by Gasteiger charge is 2.07. The van der Waals surface area contributed by atoms with E-state index < -0.39 is 6.10 Å². The highest BCUT2D eigenvalue weighted by molar-refractivity contribution is 5.45. The maximum absolute atomic E-state index is 9.42. The van der Waals surface area contributed by atoms with Crippen molar-refractivity contribution in [1.82, 2.24) is 0 Å². The van der Waals surface area contributed by atoms with Crippen LogP contribution in [0.15, 0.2) is 30.3 Å². The summed E-state index contributed by atoms with van der Waals surface area (Å²) in [6, 6.07) is 11.7. The predicted molar refractivity (Wildman–Crippen MR) is 55.9 cm³/mol. The number of anilines is 1. The van der Waals surface area contributed by atoms with Crippen LogP contribution in [0.2, 0.25) is 0 Å². The van der Waals surface area contributed by atoms with Crippen LogP contribution >= 0.6 is 0 Å². The smallest absolute Gasteiger partial charge is 0.0844 e. The fourth-order valence-electron chi connectivity index (χ4n) is 1.27. The van der Waals surface area contributed by atoms with E-state index in [4.69, 9.17) is 5.26 Å². The van der Waals surface area contributed by atoms with Gasteiger partial charge in [0.15, 0.2) is 0 Å². The summed E-state index contributed by atoms with van der Waals surface area (Å²) in [6.07, 6.45) is -0.401. The molecular formula is C11H14N2O. The molecule has 3 nitrogen and oxygen atoms in total. The van der Waals surface area contributed by atoms with Gasteiger partial charge in [0.05, 0.1) is 18.6 Å². The molecule has 0 fully saturated rings. The van der Waals surface area contributed by atoms with Gasteiger partial charge < -0.3 is 10.0 Å². The number of rotatable bonds is 4. The Bertz CT molecular complexity index is 305. The van der Waals surface area contributed by atoms with E-state index in [1.165, 1.54) is 0 Å². The summed E-state index contributed by atoms with van der Waals surface area (Å²) in [4.78, 5) is 1.93. The molecule has 0 heterocycles. The van der Waals surface area contributed by atoms with Gasteiger partial charge in [-0.15, -0.1) is 0 Å². The lowest BCUT2D eigenvalue weighted by atomic mass is 10.2. The predicted octanol–water partition coefficient (Wildman–Crippen LogP) is 1.40. The zero-order chi connectivity index (χ0) is 10.4. The van der Waals surface area contributed by atoms with Crippen molar-refractivity contribution in [3.63, 3.8) is 0 Å². The van der Waals surface area contributed by atoms with Crippen molar-refractivity contribution in [3.8, 4) is 6.07 Å². The van der Waals surface area contributed by atoms with E-state index in [9.17, 15) is 5.11 Å². The van der Waals surface area contributed by atoms with E-state index in [1.807, 2.05) is 48.3 Å². The van der Waals surface area contributed by atoms with Crippen molar-refractivity contribution >= 4 is 5.69 Å². The third kappa shape index (κ3) is 3.08. The number of nitriles is 1. The van der Waals surface area contributed by atoms with Crippen LogP contribution in [-0.2, 0) is 0 Å². The number of nitrogens with zero attached hydrogens (tertiary/aromatic N) is 2. The molecule has 0 aliphatic carbocycles. The quantitative estimate of drug-likeness (QED) is 0.780.